The maximum Gasteiger partial charge on any atom is 0.0499 e. The standard InChI is InChI=1S/C17H28N2O/c1-3-16(18)17(15-6-4-5-13(2)11-15)19-9-7-14(12-19)8-10-20/h4-6,11,14,16-17,20H,3,7-10,12,18H2,1-2H3. The molecule has 3 heteroatoms. The molecule has 3 unspecified atom stereocenters. The first kappa shape index (κ1) is 15.5. The van der Waals surface area contributed by atoms with Gasteiger partial charge in [-0.25, -0.2) is 0 Å². The number of rotatable bonds is 6. The van der Waals surface area contributed by atoms with Gasteiger partial charge in [-0.3, -0.25) is 4.90 Å². The third kappa shape index (κ3) is 3.60. The van der Waals surface area contributed by atoms with Crippen LogP contribution >= 0.6 is 0 Å². The molecule has 20 heavy (non-hydrogen) atoms. The quantitative estimate of drug-likeness (QED) is 0.839. The summed E-state index contributed by atoms with van der Waals surface area (Å²) in [5.74, 6) is 0.622. The lowest BCUT2D eigenvalue weighted by molar-refractivity contribution is 0.193. The molecule has 1 aromatic carbocycles. The minimum absolute atomic E-state index is 0.171. The van der Waals surface area contributed by atoms with E-state index in [-0.39, 0.29) is 6.04 Å². The van der Waals surface area contributed by atoms with Gasteiger partial charge >= 0.3 is 0 Å². The molecule has 1 heterocycles. The van der Waals surface area contributed by atoms with Gasteiger partial charge in [0.2, 0.25) is 0 Å². The van der Waals surface area contributed by atoms with Crippen molar-refractivity contribution >= 4 is 0 Å². The molecule has 0 bridgehead atoms. The molecule has 1 saturated heterocycles. The average molecular weight is 276 g/mol. The van der Waals surface area contributed by atoms with Gasteiger partial charge in [-0.15, -0.1) is 0 Å². The minimum Gasteiger partial charge on any atom is -0.396 e. The summed E-state index contributed by atoms with van der Waals surface area (Å²) >= 11 is 0. The van der Waals surface area contributed by atoms with Crippen LogP contribution in [0.3, 0.4) is 0 Å². The number of hydrogen-bond acceptors (Lipinski definition) is 3. The first-order chi connectivity index (χ1) is 9.65. The zero-order chi connectivity index (χ0) is 14.5. The zero-order valence-corrected chi connectivity index (χ0v) is 12.8. The third-order valence-electron chi connectivity index (χ3n) is 4.51. The first-order valence-electron chi connectivity index (χ1n) is 7.82. The van der Waals surface area contributed by atoms with Crippen molar-refractivity contribution in [1.82, 2.24) is 4.90 Å². The average Bonchev–Trinajstić information content (AvgIpc) is 2.87. The van der Waals surface area contributed by atoms with E-state index in [9.17, 15) is 0 Å². The summed E-state index contributed by atoms with van der Waals surface area (Å²) < 4.78 is 0. The Labute approximate surface area is 122 Å². The zero-order valence-electron chi connectivity index (χ0n) is 12.8. The third-order valence-corrected chi connectivity index (χ3v) is 4.51. The highest BCUT2D eigenvalue weighted by molar-refractivity contribution is 5.26. The Bertz CT molecular complexity index is 421. The fourth-order valence-electron chi connectivity index (χ4n) is 3.34. The van der Waals surface area contributed by atoms with E-state index in [0.29, 0.717) is 18.6 Å². The fourth-order valence-corrected chi connectivity index (χ4v) is 3.34. The van der Waals surface area contributed by atoms with Gasteiger partial charge in [0.25, 0.3) is 0 Å². The van der Waals surface area contributed by atoms with Crippen LogP contribution in [-0.2, 0) is 0 Å². The van der Waals surface area contributed by atoms with Crippen LogP contribution in [0.4, 0.5) is 0 Å². The number of aliphatic hydroxyl groups is 1. The Morgan fingerprint density at radius 2 is 2.25 bits per heavy atom. The van der Waals surface area contributed by atoms with Gasteiger partial charge in [0.15, 0.2) is 0 Å². The smallest absolute Gasteiger partial charge is 0.0499 e. The summed E-state index contributed by atoms with van der Waals surface area (Å²) in [6.07, 6.45) is 3.08. The van der Waals surface area contributed by atoms with Gasteiger partial charge in [0, 0.05) is 25.2 Å². The van der Waals surface area contributed by atoms with Crippen molar-refractivity contribution < 1.29 is 5.11 Å². The highest BCUT2D eigenvalue weighted by Gasteiger charge is 2.31. The summed E-state index contributed by atoms with van der Waals surface area (Å²) in [7, 11) is 0. The van der Waals surface area contributed by atoms with Crippen molar-refractivity contribution in [2.45, 2.75) is 45.2 Å². The molecule has 3 atom stereocenters. The van der Waals surface area contributed by atoms with E-state index < -0.39 is 0 Å². The minimum atomic E-state index is 0.171. The maximum absolute atomic E-state index is 9.12. The fraction of sp³-hybridized carbons (Fsp3) is 0.647. The molecule has 1 aliphatic heterocycles. The second-order valence-corrected chi connectivity index (χ2v) is 6.09. The number of likely N-dealkylation sites (tertiary alicyclic amines) is 1. The molecule has 0 spiro atoms. The lowest BCUT2D eigenvalue weighted by atomic mass is 9.95. The summed E-state index contributed by atoms with van der Waals surface area (Å²) in [4.78, 5) is 2.52. The van der Waals surface area contributed by atoms with E-state index in [1.54, 1.807) is 0 Å². The van der Waals surface area contributed by atoms with Crippen molar-refractivity contribution in [2.75, 3.05) is 19.7 Å². The predicted octanol–water partition coefficient (Wildman–Crippen LogP) is 2.48. The molecule has 0 aromatic heterocycles. The van der Waals surface area contributed by atoms with Crippen LogP contribution in [0.25, 0.3) is 0 Å². The lowest BCUT2D eigenvalue weighted by Gasteiger charge is -2.33. The molecule has 1 aliphatic rings. The van der Waals surface area contributed by atoms with E-state index in [1.165, 1.54) is 17.5 Å². The number of benzene rings is 1. The Balaban J connectivity index is 2.16. The van der Waals surface area contributed by atoms with Crippen LogP contribution in [0.15, 0.2) is 24.3 Å². The summed E-state index contributed by atoms with van der Waals surface area (Å²) in [5.41, 5.74) is 9.04. The molecule has 1 aromatic rings. The molecule has 0 amide bonds. The SMILES string of the molecule is CCC(N)C(c1cccc(C)c1)N1CCC(CCO)C1. The summed E-state index contributed by atoms with van der Waals surface area (Å²) in [6, 6.07) is 9.21. The molecule has 2 rings (SSSR count). The van der Waals surface area contributed by atoms with Gasteiger partial charge in [-0.1, -0.05) is 36.8 Å². The number of nitrogens with two attached hydrogens (primary N) is 1. The highest BCUT2D eigenvalue weighted by Crippen LogP contribution is 2.32. The molecular weight excluding hydrogens is 248 g/mol. The molecule has 0 saturated carbocycles. The molecular formula is C17H28N2O. The molecule has 0 aliphatic carbocycles. The predicted molar refractivity (Wildman–Crippen MR) is 83.6 cm³/mol. The molecule has 112 valence electrons. The Hall–Kier alpha value is -0.900. The van der Waals surface area contributed by atoms with Crippen LogP contribution in [0.2, 0.25) is 0 Å². The van der Waals surface area contributed by atoms with Crippen LogP contribution in [0.5, 0.6) is 0 Å². The van der Waals surface area contributed by atoms with Gasteiger partial charge < -0.3 is 10.8 Å². The Kier molecular flexibility index (Phi) is 5.58. The van der Waals surface area contributed by atoms with Crippen LogP contribution in [0, 0.1) is 12.8 Å². The monoisotopic (exact) mass is 276 g/mol. The molecule has 0 radical (unpaired) electrons. The van der Waals surface area contributed by atoms with Crippen molar-refractivity contribution in [3.63, 3.8) is 0 Å². The van der Waals surface area contributed by atoms with Gasteiger partial charge in [-0.2, -0.15) is 0 Å². The second-order valence-electron chi connectivity index (χ2n) is 6.09. The second kappa shape index (κ2) is 7.21. The Morgan fingerprint density at radius 3 is 2.90 bits per heavy atom. The number of aryl methyl sites for hydroxylation is 1. The first-order valence-corrected chi connectivity index (χ1v) is 7.82. The highest BCUT2D eigenvalue weighted by atomic mass is 16.3. The number of nitrogens with zero attached hydrogens (tertiary/aromatic N) is 1. The molecule has 1 fully saturated rings. The number of aliphatic hydroxyl groups excluding tert-OH is 1. The number of hydrogen-bond donors (Lipinski definition) is 2. The lowest BCUT2D eigenvalue weighted by Crippen LogP contribution is -2.39. The van der Waals surface area contributed by atoms with Crippen LogP contribution < -0.4 is 5.73 Å². The van der Waals surface area contributed by atoms with Gasteiger partial charge in [-0.05, 0) is 44.2 Å². The van der Waals surface area contributed by atoms with E-state index in [0.717, 1.165) is 25.9 Å². The topological polar surface area (TPSA) is 49.5 Å². The van der Waals surface area contributed by atoms with Crippen LogP contribution in [-0.4, -0.2) is 35.7 Å². The van der Waals surface area contributed by atoms with Crippen molar-refractivity contribution in [3.05, 3.63) is 35.4 Å². The van der Waals surface area contributed by atoms with E-state index in [2.05, 4.69) is 43.0 Å². The van der Waals surface area contributed by atoms with E-state index in [4.69, 9.17) is 10.8 Å². The Morgan fingerprint density at radius 1 is 1.45 bits per heavy atom. The normalized spacial score (nSPS) is 22.9. The summed E-state index contributed by atoms with van der Waals surface area (Å²) in [6.45, 7) is 6.75. The van der Waals surface area contributed by atoms with Crippen LogP contribution in [0.1, 0.15) is 43.4 Å². The van der Waals surface area contributed by atoms with Gasteiger partial charge in [0.05, 0.1) is 0 Å². The largest absolute Gasteiger partial charge is 0.396 e. The maximum atomic E-state index is 9.12. The van der Waals surface area contributed by atoms with Gasteiger partial charge in [0.1, 0.15) is 0 Å². The molecule has 3 N–H and O–H groups in total. The van der Waals surface area contributed by atoms with Crippen molar-refractivity contribution in [1.29, 1.82) is 0 Å². The van der Waals surface area contributed by atoms with Crippen molar-refractivity contribution in [3.8, 4) is 0 Å². The van der Waals surface area contributed by atoms with E-state index >= 15 is 0 Å². The van der Waals surface area contributed by atoms with Crippen molar-refractivity contribution in [2.24, 2.45) is 11.7 Å². The molecule has 3 nitrogen and oxygen atoms in total. The van der Waals surface area contributed by atoms with E-state index in [1.807, 2.05) is 0 Å². The summed E-state index contributed by atoms with van der Waals surface area (Å²) in [5, 5.41) is 9.12.